The van der Waals surface area contributed by atoms with Crippen LogP contribution in [0.25, 0.3) is 11.3 Å². The number of hydrogen-bond donors (Lipinski definition) is 2. The maximum Gasteiger partial charge on any atom is 0.194 e. The first-order valence-electron chi connectivity index (χ1n) is 10.3. The second-order valence-corrected chi connectivity index (χ2v) is 7.34. The molecule has 0 radical (unpaired) electrons. The van der Waals surface area contributed by atoms with Gasteiger partial charge in [-0.2, -0.15) is 5.10 Å². The average molecular weight is 541 g/mol. The van der Waals surface area contributed by atoms with Crippen molar-refractivity contribution >= 4 is 29.9 Å². The van der Waals surface area contributed by atoms with Gasteiger partial charge in [0.2, 0.25) is 0 Å². The molecule has 0 aliphatic rings. The number of hydrogen-bond acceptors (Lipinski definition) is 3. The minimum Gasteiger partial charge on any atom is -0.352 e. The van der Waals surface area contributed by atoms with Crippen molar-refractivity contribution in [3.8, 4) is 11.3 Å². The highest BCUT2D eigenvalue weighted by molar-refractivity contribution is 14.0. The number of aromatic nitrogens is 4. The summed E-state index contributed by atoms with van der Waals surface area (Å²) in [5.74, 6) is 1.70. The molecule has 2 heterocycles. The van der Waals surface area contributed by atoms with E-state index in [4.69, 9.17) is 0 Å². The number of imidazole rings is 1. The molecule has 0 saturated carbocycles. The Labute approximate surface area is 205 Å². The molecule has 0 amide bonds. The van der Waals surface area contributed by atoms with E-state index in [1.807, 2.05) is 48.4 Å². The molecule has 32 heavy (non-hydrogen) atoms. The van der Waals surface area contributed by atoms with Gasteiger partial charge in [0.05, 0.1) is 25.0 Å². The second kappa shape index (κ2) is 11.5. The van der Waals surface area contributed by atoms with Gasteiger partial charge in [-0.25, -0.2) is 4.98 Å². The zero-order chi connectivity index (χ0) is 21.5. The highest BCUT2D eigenvalue weighted by Gasteiger charge is 2.11. The number of rotatable bonds is 7. The van der Waals surface area contributed by atoms with Crippen LogP contribution in [0.15, 0.2) is 84.2 Å². The van der Waals surface area contributed by atoms with Gasteiger partial charge in [-0.3, -0.25) is 9.67 Å². The molecular formula is C24H28IN7. The molecule has 2 N–H and O–H groups in total. The predicted molar refractivity (Wildman–Crippen MR) is 139 cm³/mol. The zero-order valence-corrected chi connectivity index (χ0v) is 20.6. The van der Waals surface area contributed by atoms with Crippen LogP contribution in [0.5, 0.6) is 0 Å². The van der Waals surface area contributed by atoms with Gasteiger partial charge in [0.25, 0.3) is 0 Å². The number of aromatic amines is 1. The SMILES string of the molecule is CN=C(NCc1ccccc1Cn1cccn1)N(C)Cc1ncc(-c2ccccc2)[nH]1.I. The zero-order valence-electron chi connectivity index (χ0n) is 18.3. The lowest BCUT2D eigenvalue weighted by atomic mass is 10.1. The molecule has 2 aromatic heterocycles. The van der Waals surface area contributed by atoms with Crippen molar-refractivity contribution in [1.29, 1.82) is 0 Å². The van der Waals surface area contributed by atoms with E-state index in [1.165, 1.54) is 11.1 Å². The fraction of sp³-hybridized carbons (Fsp3) is 0.208. The number of nitrogens with zero attached hydrogens (tertiary/aromatic N) is 5. The summed E-state index contributed by atoms with van der Waals surface area (Å²) in [6.45, 7) is 2.05. The average Bonchev–Trinajstić information content (AvgIpc) is 3.48. The lowest BCUT2D eigenvalue weighted by Gasteiger charge is -2.21. The van der Waals surface area contributed by atoms with E-state index in [0.717, 1.165) is 29.6 Å². The smallest absolute Gasteiger partial charge is 0.194 e. The topological polar surface area (TPSA) is 74.1 Å². The van der Waals surface area contributed by atoms with Gasteiger partial charge in [-0.1, -0.05) is 54.6 Å². The Kier molecular flexibility index (Phi) is 8.43. The molecule has 0 aliphatic heterocycles. The van der Waals surface area contributed by atoms with Crippen LogP contribution in [-0.2, 0) is 19.6 Å². The van der Waals surface area contributed by atoms with Crippen molar-refractivity contribution in [2.75, 3.05) is 14.1 Å². The molecule has 166 valence electrons. The minimum absolute atomic E-state index is 0. The fourth-order valence-corrected chi connectivity index (χ4v) is 3.52. The van der Waals surface area contributed by atoms with Gasteiger partial charge >= 0.3 is 0 Å². The molecule has 0 spiro atoms. The highest BCUT2D eigenvalue weighted by atomic mass is 127. The van der Waals surface area contributed by atoms with Crippen molar-refractivity contribution in [2.45, 2.75) is 19.6 Å². The number of halogens is 1. The lowest BCUT2D eigenvalue weighted by molar-refractivity contribution is 0.463. The van der Waals surface area contributed by atoms with Crippen LogP contribution in [-0.4, -0.2) is 44.7 Å². The van der Waals surface area contributed by atoms with Gasteiger partial charge in [-0.15, -0.1) is 24.0 Å². The molecule has 0 fully saturated rings. The van der Waals surface area contributed by atoms with Crippen LogP contribution in [0, 0.1) is 0 Å². The number of H-pyrrole nitrogens is 1. The first kappa shape index (κ1) is 23.5. The van der Waals surface area contributed by atoms with Crippen molar-refractivity contribution in [3.05, 3.63) is 96.2 Å². The quantitative estimate of drug-likeness (QED) is 0.210. The van der Waals surface area contributed by atoms with E-state index < -0.39 is 0 Å². The molecule has 2 aromatic carbocycles. The van der Waals surface area contributed by atoms with E-state index in [2.05, 4.69) is 66.7 Å². The number of aliphatic imine (C=N–C) groups is 1. The summed E-state index contributed by atoms with van der Waals surface area (Å²) in [7, 11) is 3.81. The largest absolute Gasteiger partial charge is 0.352 e. The summed E-state index contributed by atoms with van der Waals surface area (Å²) in [5, 5.41) is 7.79. The summed E-state index contributed by atoms with van der Waals surface area (Å²) in [6, 6.07) is 20.5. The van der Waals surface area contributed by atoms with Crippen molar-refractivity contribution in [2.24, 2.45) is 4.99 Å². The summed E-state index contributed by atoms with van der Waals surface area (Å²) in [6.07, 6.45) is 5.65. The molecule has 0 bridgehead atoms. The number of benzene rings is 2. The molecule has 4 aromatic rings. The standard InChI is InChI=1S/C24H27N7.HI/c1-25-24(27-15-20-11-6-7-12-21(20)17-31-14-8-13-28-31)30(2)18-23-26-16-22(29-23)19-9-4-3-5-10-19;/h3-14,16H,15,17-18H2,1-2H3,(H,25,27)(H,26,29);1H. The molecule has 0 aliphatic carbocycles. The van der Waals surface area contributed by atoms with Gasteiger partial charge in [0.1, 0.15) is 5.82 Å². The summed E-state index contributed by atoms with van der Waals surface area (Å²) >= 11 is 0. The van der Waals surface area contributed by atoms with Crippen LogP contribution >= 0.6 is 24.0 Å². The Morgan fingerprint density at radius 3 is 2.53 bits per heavy atom. The van der Waals surface area contributed by atoms with Crippen LogP contribution in [0.4, 0.5) is 0 Å². The molecule has 0 atom stereocenters. The van der Waals surface area contributed by atoms with E-state index in [-0.39, 0.29) is 24.0 Å². The maximum absolute atomic E-state index is 4.53. The summed E-state index contributed by atoms with van der Waals surface area (Å²) in [4.78, 5) is 14.4. The second-order valence-electron chi connectivity index (χ2n) is 7.34. The molecule has 8 heteroatoms. The maximum atomic E-state index is 4.53. The number of guanidine groups is 1. The first-order chi connectivity index (χ1) is 15.2. The summed E-state index contributed by atoms with van der Waals surface area (Å²) in [5.41, 5.74) is 4.59. The number of nitrogens with one attached hydrogen (secondary N) is 2. The van der Waals surface area contributed by atoms with Crippen molar-refractivity contribution in [1.82, 2.24) is 30.0 Å². The van der Waals surface area contributed by atoms with Gasteiger partial charge < -0.3 is 15.2 Å². The van der Waals surface area contributed by atoms with E-state index in [1.54, 1.807) is 13.2 Å². The molecular weight excluding hydrogens is 513 g/mol. The van der Waals surface area contributed by atoms with Crippen LogP contribution in [0.2, 0.25) is 0 Å². The molecule has 0 unspecified atom stereocenters. The van der Waals surface area contributed by atoms with Crippen molar-refractivity contribution in [3.63, 3.8) is 0 Å². The third kappa shape index (κ3) is 5.97. The van der Waals surface area contributed by atoms with Gasteiger partial charge in [-0.05, 0) is 22.8 Å². The minimum atomic E-state index is 0. The molecule has 4 rings (SSSR count). The third-order valence-electron chi connectivity index (χ3n) is 5.12. The third-order valence-corrected chi connectivity index (χ3v) is 5.12. The normalized spacial score (nSPS) is 11.1. The van der Waals surface area contributed by atoms with Crippen LogP contribution < -0.4 is 5.32 Å². The Bertz CT molecular complexity index is 1120. The van der Waals surface area contributed by atoms with Gasteiger partial charge in [0, 0.05) is 33.0 Å². The van der Waals surface area contributed by atoms with Gasteiger partial charge in [0.15, 0.2) is 5.96 Å². The Morgan fingerprint density at radius 2 is 1.81 bits per heavy atom. The van der Waals surface area contributed by atoms with E-state index in [0.29, 0.717) is 13.1 Å². The monoisotopic (exact) mass is 541 g/mol. The van der Waals surface area contributed by atoms with Crippen molar-refractivity contribution < 1.29 is 0 Å². The van der Waals surface area contributed by atoms with Crippen LogP contribution in [0.1, 0.15) is 17.0 Å². The Balaban J connectivity index is 0.00000289. The Morgan fingerprint density at radius 1 is 1.06 bits per heavy atom. The van der Waals surface area contributed by atoms with Crippen LogP contribution in [0.3, 0.4) is 0 Å². The lowest BCUT2D eigenvalue weighted by Crippen LogP contribution is -2.38. The predicted octanol–water partition coefficient (Wildman–Crippen LogP) is 4.15. The molecule has 0 saturated heterocycles. The highest BCUT2D eigenvalue weighted by Crippen LogP contribution is 2.16. The van der Waals surface area contributed by atoms with E-state index in [9.17, 15) is 0 Å². The fourth-order valence-electron chi connectivity index (χ4n) is 3.52. The molecule has 7 nitrogen and oxygen atoms in total. The Hall–Kier alpha value is -3.14. The summed E-state index contributed by atoms with van der Waals surface area (Å²) < 4.78 is 1.93. The van der Waals surface area contributed by atoms with E-state index >= 15 is 0 Å². The first-order valence-corrected chi connectivity index (χ1v) is 10.3.